The Labute approximate surface area is 191 Å². The molecular weight excluding hydrogens is 430 g/mol. The molecule has 0 radical (unpaired) electrons. The van der Waals surface area contributed by atoms with Gasteiger partial charge in [0, 0.05) is 43.1 Å². The number of piperidine rings is 1. The molecule has 2 aromatic heterocycles. The number of hydrogen-bond acceptors (Lipinski definition) is 3. The van der Waals surface area contributed by atoms with Gasteiger partial charge in [-0.1, -0.05) is 23.7 Å². The van der Waals surface area contributed by atoms with Crippen LogP contribution < -0.4 is 0 Å². The number of carbonyl (C=O) groups excluding carboxylic acids is 2. The molecule has 2 aliphatic heterocycles. The molecule has 0 aliphatic carbocycles. The molecule has 1 aromatic carbocycles. The number of fused-ring (bicyclic) bond motifs is 1. The van der Waals surface area contributed by atoms with E-state index in [-0.39, 0.29) is 17.7 Å². The highest BCUT2D eigenvalue weighted by atomic mass is 35.5. The van der Waals surface area contributed by atoms with E-state index in [4.69, 9.17) is 11.6 Å². The van der Waals surface area contributed by atoms with Gasteiger partial charge in [0.2, 0.25) is 5.91 Å². The summed E-state index contributed by atoms with van der Waals surface area (Å²) in [7, 11) is 0. The highest BCUT2D eigenvalue weighted by molar-refractivity contribution is 7.16. The molecule has 0 bridgehead atoms. The van der Waals surface area contributed by atoms with E-state index in [1.807, 2.05) is 40.1 Å². The summed E-state index contributed by atoms with van der Waals surface area (Å²) in [6.45, 7) is 3.54. The van der Waals surface area contributed by atoms with Crippen molar-refractivity contribution < 1.29 is 9.59 Å². The minimum Gasteiger partial charge on any atom is -0.342 e. The quantitative estimate of drug-likeness (QED) is 0.562. The number of rotatable bonds is 4. The smallest absolute Gasteiger partial charge is 0.270 e. The monoisotopic (exact) mass is 455 g/mol. The van der Waals surface area contributed by atoms with Gasteiger partial charge < -0.3 is 14.4 Å². The lowest BCUT2D eigenvalue weighted by molar-refractivity contribution is -0.135. The fraction of sp³-hybridized carbons (Fsp3) is 0.417. The van der Waals surface area contributed by atoms with Crippen LogP contribution in [0.3, 0.4) is 0 Å². The zero-order valence-corrected chi connectivity index (χ0v) is 19.0. The number of aromatic nitrogens is 1. The Kier molecular flexibility index (Phi) is 5.76. The second kappa shape index (κ2) is 8.67. The van der Waals surface area contributed by atoms with Crippen molar-refractivity contribution in [2.24, 2.45) is 5.92 Å². The SMILES string of the molecule is O=C(c1cc2ccsc2n1Cc1cccc(Cl)c1)N1CCCC(C(=O)N2CCCC2)C1. The van der Waals surface area contributed by atoms with E-state index in [0.29, 0.717) is 30.4 Å². The highest BCUT2D eigenvalue weighted by Crippen LogP contribution is 2.29. The number of amides is 2. The zero-order chi connectivity index (χ0) is 21.4. The third-order valence-electron chi connectivity index (χ3n) is 6.43. The fourth-order valence-electron chi connectivity index (χ4n) is 4.85. The van der Waals surface area contributed by atoms with Gasteiger partial charge in [-0.15, -0.1) is 11.3 Å². The van der Waals surface area contributed by atoms with Crippen LogP contribution in [-0.4, -0.2) is 52.4 Å². The van der Waals surface area contributed by atoms with E-state index in [9.17, 15) is 9.59 Å². The van der Waals surface area contributed by atoms with E-state index in [1.165, 1.54) is 0 Å². The zero-order valence-electron chi connectivity index (χ0n) is 17.4. The number of nitrogens with zero attached hydrogens (tertiary/aromatic N) is 3. The Hall–Kier alpha value is -2.31. The predicted octanol–water partition coefficient (Wildman–Crippen LogP) is 4.88. The maximum Gasteiger partial charge on any atom is 0.270 e. The first-order chi connectivity index (χ1) is 15.1. The molecule has 2 fully saturated rings. The lowest BCUT2D eigenvalue weighted by Crippen LogP contribution is -2.46. The van der Waals surface area contributed by atoms with Crippen LogP contribution in [0.15, 0.2) is 41.8 Å². The highest BCUT2D eigenvalue weighted by Gasteiger charge is 2.33. The van der Waals surface area contributed by atoms with Gasteiger partial charge in [-0.3, -0.25) is 9.59 Å². The van der Waals surface area contributed by atoms with Crippen LogP contribution in [0.1, 0.15) is 41.7 Å². The van der Waals surface area contributed by atoms with E-state index >= 15 is 0 Å². The molecule has 7 heteroatoms. The summed E-state index contributed by atoms with van der Waals surface area (Å²) >= 11 is 7.83. The van der Waals surface area contributed by atoms with E-state index in [2.05, 4.69) is 16.0 Å². The van der Waals surface area contributed by atoms with Crippen molar-refractivity contribution in [3.63, 3.8) is 0 Å². The molecule has 5 rings (SSSR count). The second-order valence-corrected chi connectivity index (χ2v) is 9.88. The Bertz CT molecular complexity index is 1120. The molecule has 4 heterocycles. The number of benzene rings is 1. The van der Waals surface area contributed by atoms with Crippen molar-refractivity contribution in [2.75, 3.05) is 26.2 Å². The molecule has 2 amide bonds. The first-order valence-corrected chi connectivity index (χ1v) is 12.2. The van der Waals surface area contributed by atoms with Gasteiger partial charge in [-0.25, -0.2) is 0 Å². The van der Waals surface area contributed by atoms with Crippen LogP contribution in [0.25, 0.3) is 10.2 Å². The number of likely N-dealkylation sites (tertiary alicyclic amines) is 2. The molecule has 1 atom stereocenters. The molecule has 0 saturated carbocycles. The Balaban J connectivity index is 1.40. The van der Waals surface area contributed by atoms with Crippen molar-refractivity contribution >= 4 is 45.0 Å². The molecule has 0 N–H and O–H groups in total. The largest absolute Gasteiger partial charge is 0.342 e. The minimum absolute atomic E-state index is 0.0179. The Morgan fingerprint density at radius 1 is 1.03 bits per heavy atom. The summed E-state index contributed by atoms with van der Waals surface area (Å²) in [5.74, 6) is 0.169. The Morgan fingerprint density at radius 2 is 1.84 bits per heavy atom. The lowest BCUT2D eigenvalue weighted by atomic mass is 9.96. The number of halogens is 1. The van der Waals surface area contributed by atoms with Crippen LogP contribution in [0.5, 0.6) is 0 Å². The maximum absolute atomic E-state index is 13.6. The van der Waals surface area contributed by atoms with Crippen LogP contribution in [0.2, 0.25) is 5.02 Å². The van der Waals surface area contributed by atoms with Crippen molar-refractivity contribution in [1.82, 2.24) is 14.4 Å². The van der Waals surface area contributed by atoms with Gasteiger partial charge in [0.15, 0.2) is 0 Å². The molecule has 0 spiro atoms. The fourth-order valence-corrected chi connectivity index (χ4v) is 5.96. The Morgan fingerprint density at radius 3 is 2.65 bits per heavy atom. The van der Waals surface area contributed by atoms with Gasteiger partial charge >= 0.3 is 0 Å². The average molecular weight is 456 g/mol. The van der Waals surface area contributed by atoms with Gasteiger partial charge in [-0.05, 0) is 60.9 Å². The molecular formula is C24H26ClN3O2S. The van der Waals surface area contributed by atoms with Crippen molar-refractivity contribution in [3.8, 4) is 0 Å². The minimum atomic E-state index is -0.0757. The van der Waals surface area contributed by atoms with Crippen LogP contribution in [-0.2, 0) is 11.3 Å². The van der Waals surface area contributed by atoms with E-state index in [0.717, 1.165) is 54.6 Å². The summed E-state index contributed by atoms with van der Waals surface area (Å²) in [5.41, 5.74) is 1.75. The van der Waals surface area contributed by atoms with E-state index < -0.39 is 0 Å². The number of thiophene rings is 1. The third-order valence-corrected chi connectivity index (χ3v) is 7.61. The third kappa shape index (κ3) is 4.11. The molecule has 5 nitrogen and oxygen atoms in total. The van der Waals surface area contributed by atoms with Gasteiger partial charge in [0.25, 0.3) is 5.91 Å². The normalized spacial score (nSPS) is 19.3. The summed E-state index contributed by atoms with van der Waals surface area (Å²) in [4.78, 5) is 31.5. The predicted molar refractivity (Wildman–Crippen MR) is 125 cm³/mol. The van der Waals surface area contributed by atoms with Crippen molar-refractivity contribution in [1.29, 1.82) is 0 Å². The first-order valence-electron chi connectivity index (χ1n) is 11.0. The molecule has 162 valence electrons. The van der Waals surface area contributed by atoms with Gasteiger partial charge in [0.1, 0.15) is 10.5 Å². The summed E-state index contributed by atoms with van der Waals surface area (Å²) in [5, 5.41) is 3.83. The second-order valence-electron chi connectivity index (χ2n) is 8.55. The van der Waals surface area contributed by atoms with Crippen LogP contribution in [0, 0.1) is 5.92 Å². The molecule has 2 saturated heterocycles. The van der Waals surface area contributed by atoms with Crippen LogP contribution in [0.4, 0.5) is 0 Å². The average Bonchev–Trinajstić information content (AvgIpc) is 3.52. The lowest BCUT2D eigenvalue weighted by Gasteiger charge is -2.34. The summed E-state index contributed by atoms with van der Waals surface area (Å²) < 4.78 is 2.10. The molecule has 2 aliphatic rings. The number of hydrogen-bond donors (Lipinski definition) is 0. The van der Waals surface area contributed by atoms with Gasteiger partial charge in [-0.2, -0.15) is 0 Å². The van der Waals surface area contributed by atoms with Crippen LogP contribution >= 0.6 is 22.9 Å². The van der Waals surface area contributed by atoms with Crippen molar-refractivity contribution in [2.45, 2.75) is 32.2 Å². The summed E-state index contributed by atoms with van der Waals surface area (Å²) in [6.07, 6.45) is 3.93. The first kappa shape index (κ1) is 20.6. The standard InChI is InChI=1S/C24H26ClN3O2S/c25-20-7-3-5-17(13-20)15-28-21(14-18-8-12-31-24(18)28)23(30)27-11-4-6-19(16-27)22(29)26-9-1-2-10-26/h3,5,7-8,12-14,19H,1-2,4,6,9-11,15-16H2. The number of carbonyl (C=O) groups is 2. The van der Waals surface area contributed by atoms with Gasteiger partial charge in [0.05, 0.1) is 5.92 Å². The molecule has 3 aromatic rings. The topological polar surface area (TPSA) is 45.6 Å². The molecule has 1 unspecified atom stereocenters. The molecule has 31 heavy (non-hydrogen) atoms. The van der Waals surface area contributed by atoms with Crippen molar-refractivity contribution in [3.05, 3.63) is 58.1 Å². The maximum atomic E-state index is 13.6. The van der Waals surface area contributed by atoms with E-state index in [1.54, 1.807) is 11.3 Å². The summed E-state index contributed by atoms with van der Waals surface area (Å²) in [6, 6.07) is 11.8.